The molecule has 150 valence electrons. The zero-order valence-corrected chi connectivity index (χ0v) is 17.3. The maximum Gasteiger partial charge on any atom is 0.227 e. The Morgan fingerprint density at radius 1 is 0.828 bits per heavy atom. The molecule has 0 saturated heterocycles. The molecule has 1 fully saturated rings. The SMILES string of the molecule is O=C(CCC1CCCCCCCC1)N1Cc2ccccc2C#Cc2ccccc21. The van der Waals surface area contributed by atoms with E-state index >= 15 is 0 Å². The molecule has 0 N–H and O–H groups in total. The van der Waals surface area contributed by atoms with E-state index in [2.05, 4.69) is 24.0 Å². The number of hydrogen-bond acceptors (Lipinski definition) is 1. The van der Waals surface area contributed by atoms with Crippen molar-refractivity contribution in [3.8, 4) is 11.8 Å². The summed E-state index contributed by atoms with van der Waals surface area (Å²) < 4.78 is 0. The van der Waals surface area contributed by atoms with Crippen LogP contribution >= 0.6 is 0 Å². The maximum atomic E-state index is 13.4. The molecule has 2 aliphatic rings. The van der Waals surface area contributed by atoms with Gasteiger partial charge in [-0.3, -0.25) is 4.79 Å². The minimum absolute atomic E-state index is 0.232. The summed E-state index contributed by atoms with van der Waals surface area (Å²) in [6, 6.07) is 16.3. The van der Waals surface area contributed by atoms with Gasteiger partial charge < -0.3 is 4.90 Å². The van der Waals surface area contributed by atoms with Gasteiger partial charge in [-0.1, -0.05) is 93.5 Å². The topological polar surface area (TPSA) is 20.3 Å². The highest BCUT2D eigenvalue weighted by molar-refractivity contribution is 5.95. The molecular weight excluding hydrogens is 354 g/mol. The molecule has 0 bridgehead atoms. The van der Waals surface area contributed by atoms with E-state index in [1.54, 1.807) is 0 Å². The molecule has 1 heterocycles. The van der Waals surface area contributed by atoms with Crippen molar-refractivity contribution in [3.63, 3.8) is 0 Å². The van der Waals surface area contributed by atoms with E-state index in [-0.39, 0.29) is 5.91 Å². The van der Waals surface area contributed by atoms with Gasteiger partial charge in [0.2, 0.25) is 5.91 Å². The van der Waals surface area contributed by atoms with Crippen LogP contribution in [0.2, 0.25) is 0 Å². The number of fused-ring (bicyclic) bond motifs is 2. The minimum atomic E-state index is 0.232. The van der Waals surface area contributed by atoms with Crippen LogP contribution in [0.25, 0.3) is 0 Å². The van der Waals surface area contributed by atoms with Crippen LogP contribution in [0, 0.1) is 17.8 Å². The van der Waals surface area contributed by atoms with Crippen LogP contribution < -0.4 is 4.90 Å². The van der Waals surface area contributed by atoms with E-state index in [1.165, 1.54) is 51.4 Å². The number of benzene rings is 2. The number of carbonyl (C=O) groups excluding carboxylic acids is 1. The van der Waals surface area contributed by atoms with Crippen LogP contribution in [0.3, 0.4) is 0 Å². The monoisotopic (exact) mass is 385 g/mol. The average Bonchev–Trinajstić information content (AvgIpc) is 2.87. The normalized spacial score (nSPS) is 17.3. The summed E-state index contributed by atoms with van der Waals surface area (Å²) in [5, 5.41) is 0. The molecule has 2 aromatic rings. The Kier molecular flexibility index (Phi) is 6.67. The lowest BCUT2D eigenvalue weighted by Gasteiger charge is -2.27. The van der Waals surface area contributed by atoms with Gasteiger partial charge in [0.05, 0.1) is 12.2 Å². The number of amides is 1. The van der Waals surface area contributed by atoms with Crippen molar-refractivity contribution in [2.24, 2.45) is 5.92 Å². The molecule has 1 aliphatic heterocycles. The molecule has 4 rings (SSSR count). The number of para-hydroxylation sites is 1. The predicted molar refractivity (Wildman–Crippen MR) is 120 cm³/mol. The predicted octanol–water partition coefficient (Wildman–Crippen LogP) is 6.46. The molecule has 0 spiro atoms. The Balaban J connectivity index is 1.52. The third kappa shape index (κ3) is 5.10. The number of carbonyl (C=O) groups is 1. The number of rotatable bonds is 3. The lowest BCUT2D eigenvalue weighted by atomic mass is 9.92. The smallest absolute Gasteiger partial charge is 0.227 e. The average molecular weight is 386 g/mol. The summed E-state index contributed by atoms with van der Waals surface area (Å²) in [6.07, 6.45) is 12.4. The molecule has 2 aromatic carbocycles. The molecule has 0 aromatic heterocycles. The maximum absolute atomic E-state index is 13.4. The van der Waals surface area contributed by atoms with Gasteiger partial charge in [-0.15, -0.1) is 0 Å². The third-order valence-electron chi connectivity index (χ3n) is 6.41. The van der Waals surface area contributed by atoms with Crippen molar-refractivity contribution in [1.29, 1.82) is 0 Å². The first-order chi connectivity index (χ1) is 14.3. The summed E-state index contributed by atoms with van der Waals surface area (Å²) in [7, 11) is 0. The van der Waals surface area contributed by atoms with Gasteiger partial charge in [-0.2, -0.15) is 0 Å². The first-order valence-corrected chi connectivity index (χ1v) is 11.3. The van der Waals surface area contributed by atoms with Crippen molar-refractivity contribution in [3.05, 3.63) is 65.2 Å². The molecule has 1 aliphatic carbocycles. The molecule has 1 amide bonds. The third-order valence-corrected chi connectivity index (χ3v) is 6.41. The van der Waals surface area contributed by atoms with Crippen LogP contribution in [-0.2, 0) is 11.3 Å². The van der Waals surface area contributed by atoms with Crippen LogP contribution in [0.1, 0.15) is 80.9 Å². The molecule has 1 saturated carbocycles. The Morgan fingerprint density at radius 2 is 1.45 bits per heavy atom. The van der Waals surface area contributed by atoms with Crippen LogP contribution in [-0.4, -0.2) is 5.91 Å². The molecule has 2 heteroatoms. The lowest BCUT2D eigenvalue weighted by molar-refractivity contribution is -0.119. The lowest BCUT2D eigenvalue weighted by Crippen LogP contribution is -2.32. The van der Waals surface area contributed by atoms with Crippen molar-refractivity contribution in [2.45, 2.75) is 70.8 Å². The van der Waals surface area contributed by atoms with Gasteiger partial charge in [0.25, 0.3) is 0 Å². The fraction of sp³-hybridized carbons (Fsp3) is 0.444. The largest absolute Gasteiger partial charge is 0.307 e. The van der Waals surface area contributed by atoms with Crippen molar-refractivity contribution in [1.82, 2.24) is 0 Å². The zero-order valence-electron chi connectivity index (χ0n) is 17.3. The Bertz CT molecular complexity index is 894. The van der Waals surface area contributed by atoms with Crippen molar-refractivity contribution < 1.29 is 4.79 Å². The van der Waals surface area contributed by atoms with E-state index in [0.717, 1.165) is 28.8 Å². The standard InChI is InChI=1S/C27H31NO/c29-27(20-17-22-11-5-3-1-2-4-6-12-22)28-21-25-15-8-7-13-23(25)18-19-24-14-9-10-16-26(24)28/h7-10,13-16,22H,1-6,11-12,17,20-21H2. The van der Waals surface area contributed by atoms with Gasteiger partial charge in [-0.25, -0.2) is 0 Å². The second-order valence-corrected chi connectivity index (χ2v) is 8.51. The van der Waals surface area contributed by atoms with Gasteiger partial charge in [0.1, 0.15) is 0 Å². The van der Waals surface area contributed by atoms with Gasteiger partial charge in [-0.05, 0) is 36.1 Å². The van der Waals surface area contributed by atoms with Crippen LogP contribution in [0.4, 0.5) is 5.69 Å². The molecule has 0 radical (unpaired) electrons. The van der Waals surface area contributed by atoms with Gasteiger partial charge >= 0.3 is 0 Å². The van der Waals surface area contributed by atoms with Crippen molar-refractivity contribution in [2.75, 3.05) is 4.90 Å². The fourth-order valence-corrected chi connectivity index (χ4v) is 4.68. The van der Waals surface area contributed by atoms with E-state index in [9.17, 15) is 4.79 Å². The molecule has 29 heavy (non-hydrogen) atoms. The first-order valence-electron chi connectivity index (χ1n) is 11.3. The highest BCUT2D eigenvalue weighted by Gasteiger charge is 2.22. The molecule has 0 unspecified atom stereocenters. The fourth-order valence-electron chi connectivity index (χ4n) is 4.68. The zero-order chi connectivity index (χ0) is 19.9. The summed E-state index contributed by atoms with van der Waals surface area (Å²) in [4.78, 5) is 15.3. The van der Waals surface area contributed by atoms with Crippen molar-refractivity contribution >= 4 is 11.6 Å². The summed E-state index contributed by atoms with van der Waals surface area (Å²) >= 11 is 0. The minimum Gasteiger partial charge on any atom is -0.307 e. The summed E-state index contributed by atoms with van der Waals surface area (Å²) in [5.41, 5.74) is 4.05. The summed E-state index contributed by atoms with van der Waals surface area (Å²) in [6.45, 7) is 0.603. The molecular formula is C27H31NO. The Hall–Kier alpha value is -2.53. The molecule has 0 atom stereocenters. The Labute approximate surface area is 175 Å². The Morgan fingerprint density at radius 3 is 2.24 bits per heavy atom. The van der Waals surface area contributed by atoms with E-state index in [4.69, 9.17) is 0 Å². The highest BCUT2D eigenvalue weighted by atomic mass is 16.2. The van der Waals surface area contributed by atoms with E-state index in [1.807, 2.05) is 41.3 Å². The van der Waals surface area contributed by atoms with Crippen LogP contribution in [0.5, 0.6) is 0 Å². The van der Waals surface area contributed by atoms with Gasteiger partial charge in [0.15, 0.2) is 0 Å². The second-order valence-electron chi connectivity index (χ2n) is 8.51. The summed E-state index contributed by atoms with van der Waals surface area (Å²) in [5.74, 6) is 7.52. The quantitative estimate of drug-likeness (QED) is 0.555. The highest BCUT2D eigenvalue weighted by Crippen LogP contribution is 2.29. The first kappa shape index (κ1) is 19.8. The van der Waals surface area contributed by atoms with Gasteiger partial charge in [0, 0.05) is 17.5 Å². The van der Waals surface area contributed by atoms with Crippen LogP contribution in [0.15, 0.2) is 48.5 Å². The number of hydrogen-bond donors (Lipinski definition) is 0. The van der Waals surface area contributed by atoms with E-state index < -0.39 is 0 Å². The molecule has 2 nitrogen and oxygen atoms in total. The number of anilines is 1. The second kappa shape index (κ2) is 9.79. The van der Waals surface area contributed by atoms with E-state index in [0.29, 0.717) is 18.9 Å². The number of nitrogens with zero attached hydrogens (tertiary/aromatic N) is 1.